The third-order valence-electron chi connectivity index (χ3n) is 1.98. The zero-order valence-electron chi connectivity index (χ0n) is 8.85. The largest absolute Gasteiger partial charge is 0.468 e. The number of carbonyl (C=O) groups excluding carboxylic acids is 1. The van der Waals surface area contributed by atoms with Gasteiger partial charge in [-0.15, -0.1) is 11.6 Å². The van der Waals surface area contributed by atoms with E-state index in [0.717, 1.165) is 25.3 Å². The fourth-order valence-electron chi connectivity index (χ4n) is 1.14. The van der Waals surface area contributed by atoms with Gasteiger partial charge in [0.05, 0.1) is 13.7 Å². The molecule has 14 heavy (non-hydrogen) atoms. The lowest BCUT2D eigenvalue weighted by molar-refractivity contribution is -0.139. The fraction of sp³-hybridized carbons (Fsp3) is 0.900. The van der Waals surface area contributed by atoms with E-state index < -0.39 is 0 Å². The molecule has 84 valence electrons. The molecular weight excluding hydrogens is 202 g/mol. The van der Waals surface area contributed by atoms with E-state index in [-0.39, 0.29) is 5.97 Å². The molecule has 0 aliphatic carbocycles. The molecule has 0 unspecified atom stereocenters. The van der Waals surface area contributed by atoms with E-state index in [4.69, 9.17) is 11.6 Å². The van der Waals surface area contributed by atoms with Crippen LogP contribution in [0.1, 0.15) is 32.1 Å². The average molecular weight is 222 g/mol. The molecule has 0 radical (unpaired) electrons. The Labute approximate surface area is 91.2 Å². The third-order valence-corrected chi connectivity index (χ3v) is 2.25. The van der Waals surface area contributed by atoms with Crippen molar-refractivity contribution in [1.29, 1.82) is 0 Å². The molecule has 0 aliphatic rings. The first-order valence-electron chi connectivity index (χ1n) is 5.14. The van der Waals surface area contributed by atoms with Gasteiger partial charge in [0.15, 0.2) is 0 Å². The van der Waals surface area contributed by atoms with Gasteiger partial charge in [0, 0.05) is 5.88 Å². The van der Waals surface area contributed by atoms with Gasteiger partial charge in [0.25, 0.3) is 0 Å². The smallest absolute Gasteiger partial charge is 0.319 e. The maximum atomic E-state index is 10.7. The summed E-state index contributed by atoms with van der Waals surface area (Å²) in [6, 6.07) is 0. The quantitative estimate of drug-likeness (QED) is 0.367. The van der Waals surface area contributed by atoms with E-state index in [0.29, 0.717) is 6.54 Å². The van der Waals surface area contributed by atoms with Crippen molar-refractivity contribution in [2.24, 2.45) is 0 Å². The van der Waals surface area contributed by atoms with Gasteiger partial charge in [0.1, 0.15) is 0 Å². The number of nitrogens with one attached hydrogen (secondary N) is 1. The monoisotopic (exact) mass is 221 g/mol. The summed E-state index contributed by atoms with van der Waals surface area (Å²) in [5, 5.41) is 3.03. The second-order valence-electron chi connectivity index (χ2n) is 3.21. The van der Waals surface area contributed by atoms with E-state index >= 15 is 0 Å². The molecule has 0 atom stereocenters. The first-order chi connectivity index (χ1) is 6.81. The zero-order chi connectivity index (χ0) is 10.6. The highest BCUT2D eigenvalue weighted by Gasteiger charge is 1.97. The van der Waals surface area contributed by atoms with Gasteiger partial charge in [-0.2, -0.15) is 0 Å². The summed E-state index contributed by atoms with van der Waals surface area (Å²) in [6.07, 6.45) is 5.86. The van der Waals surface area contributed by atoms with Crippen LogP contribution in [-0.2, 0) is 9.53 Å². The molecule has 0 aromatic heterocycles. The van der Waals surface area contributed by atoms with Gasteiger partial charge in [-0.25, -0.2) is 0 Å². The fourth-order valence-corrected chi connectivity index (χ4v) is 1.33. The van der Waals surface area contributed by atoms with E-state index in [1.807, 2.05) is 0 Å². The Bertz CT molecular complexity index is 142. The number of hydrogen-bond donors (Lipinski definition) is 1. The highest BCUT2D eigenvalue weighted by molar-refractivity contribution is 6.17. The standard InChI is InChI=1S/C10H20ClNO2/c1-14-10(13)9-12-8-6-4-2-3-5-7-11/h12H,2-9H2,1H3. The molecule has 0 aromatic rings. The lowest BCUT2D eigenvalue weighted by Crippen LogP contribution is -2.24. The van der Waals surface area contributed by atoms with Gasteiger partial charge in [-0.1, -0.05) is 19.3 Å². The SMILES string of the molecule is COC(=O)CNCCCCCCCCl. The lowest BCUT2D eigenvalue weighted by Gasteiger charge is -2.02. The molecule has 3 nitrogen and oxygen atoms in total. The van der Waals surface area contributed by atoms with Crippen LogP contribution in [0.2, 0.25) is 0 Å². The van der Waals surface area contributed by atoms with Crippen molar-refractivity contribution in [2.75, 3.05) is 26.1 Å². The number of ether oxygens (including phenoxy) is 1. The summed E-state index contributed by atoms with van der Waals surface area (Å²) >= 11 is 5.55. The van der Waals surface area contributed by atoms with Crippen LogP contribution >= 0.6 is 11.6 Å². The summed E-state index contributed by atoms with van der Waals surface area (Å²) < 4.78 is 4.49. The Balaban J connectivity index is 2.95. The van der Waals surface area contributed by atoms with E-state index in [2.05, 4.69) is 10.1 Å². The van der Waals surface area contributed by atoms with Gasteiger partial charge in [0.2, 0.25) is 0 Å². The summed E-state index contributed by atoms with van der Waals surface area (Å²) in [5.41, 5.74) is 0. The Morgan fingerprint density at radius 1 is 1.21 bits per heavy atom. The number of hydrogen-bond acceptors (Lipinski definition) is 3. The number of methoxy groups -OCH3 is 1. The zero-order valence-corrected chi connectivity index (χ0v) is 9.61. The first kappa shape index (κ1) is 13.7. The third kappa shape index (κ3) is 9.81. The predicted molar refractivity (Wildman–Crippen MR) is 58.7 cm³/mol. The first-order valence-corrected chi connectivity index (χ1v) is 5.68. The van der Waals surface area contributed by atoms with Gasteiger partial charge in [-0.3, -0.25) is 4.79 Å². The van der Waals surface area contributed by atoms with Crippen LogP contribution in [-0.4, -0.2) is 32.0 Å². The van der Waals surface area contributed by atoms with Crippen molar-refractivity contribution < 1.29 is 9.53 Å². The summed E-state index contributed by atoms with van der Waals surface area (Å²) in [7, 11) is 1.40. The van der Waals surface area contributed by atoms with Gasteiger partial charge < -0.3 is 10.1 Å². The summed E-state index contributed by atoms with van der Waals surface area (Å²) in [6.45, 7) is 1.20. The van der Waals surface area contributed by atoms with E-state index in [1.54, 1.807) is 0 Å². The maximum Gasteiger partial charge on any atom is 0.319 e. The topological polar surface area (TPSA) is 38.3 Å². The number of rotatable bonds is 9. The molecule has 4 heteroatoms. The Morgan fingerprint density at radius 3 is 2.50 bits per heavy atom. The second kappa shape index (κ2) is 10.8. The molecule has 0 amide bonds. The molecule has 0 spiro atoms. The van der Waals surface area contributed by atoms with E-state index in [9.17, 15) is 4.79 Å². The van der Waals surface area contributed by atoms with Crippen molar-refractivity contribution >= 4 is 17.6 Å². The Morgan fingerprint density at radius 2 is 1.86 bits per heavy atom. The second-order valence-corrected chi connectivity index (χ2v) is 3.59. The van der Waals surface area contributed by atoms with E-state index in [1.165, 1.54) is 26.4 Å². The highest BCUT2D eigenvalue weighted by Crippen LogP contribution is 2.02. The van der Waals surface area contributed by atoms with Crippen molar-refractivity contribution in [3.8, 4) is 0 Å². The molecule has 0 aromatic carbocycles. The van der Waals surface area contributed by atoms with Crippen LogP contribution in [0, 0.1) is 0 Å². The molecule has 1 N–H and O–H groups in total. The predicted octanol–water partition coefficient (Wildman–Crippen LogP) is 1.94. The highest BCUT2D eigenvalue weighted by atomic mass is 35.5. The molecule has 0 saturated heterocycles. The molecule has 0 aliphatic heterocycles. The Hall–Kier alpha value is -0.280. The average Bonchev–Trinajstić information content (AvgIpc) is 2.21. The molecule has 0 saturated carbocycles. The number of esters is 1. The number of halogens is 1. The van der Waals surface area contributed by atoms with Crippen molar-refractivity contribution in [2.45, 2.75) is 32.1 Å². The molecule has 0 bridgehead atoms. The minimum absolute atomic E-state index is 0.202. The van der Waals surface area contributed by atoms with Crippen LogP contribution in [0.4, 0.5) is 0 Å². The van der Waals surface area contributed by atoms with Gasteiger partial charge >= 0.3 is 5.97 Å². The number of alkyl halides is 1. The number of carbonyl (C=O) groups is 1. The molecule has 0 rings (SSSR count). The van der Waals surface area contributed by atoms with Crippen molar-refractivity contribution in [1.82, 2.24) is 5.32 Å². The van der Waals surface area contributed by atoms with Crippen LogP contribution in [0.25, 0.3) is 0 Å². The van der Waals surface area contributed by atoms with Crippen LogP contribution in [0.5, 0.6) is 0 Å². The minimum atomic E-state index is -0.202. The normalized spacial score (nSPS) is 10.1. The minimum Gasteiger partial charge on any atom is -0.468 e. The van der Waals surface area contributed by atoms with Crippen LogP contribution in [0.15, 0.2) is 0 Å². The van der Waals surface area contributed by atoms with Crippen LogP contribution in [0.3, 0.4) is 0 Å². The Kier molecular flexibility index (Phi) is 10.6. The lowest BCUT2D eigenvalue weighted by atomic mass is 10.1. The molecule has 0 heterocycles. The van der Waals surface area contributed by atoms with Crippen molar-refractivity contribution in [3.05, 3.63) is 0 Å². The maximum absolute atomic E-state index is 10.7. The molecular formula is C10H20ClNO2. The van der Waals surface area contributed by atoms with Crippen LogP contribution < -0.4 is 5.32 Å². The summed E-state index contributed by atoms with van der Waals surface area (Å²) in [5.74, 6) is 0.563. The van der Waals surface area contributed by atoms with Gasteiger partial charge in [-0.05, 0) is 19.4 Å². The summed E-state index contributed by atoms with van der Waals surface area (Å²) in [4.78, 5) is 10.7. The van der Waals surface area contributed by atoms with Crippen molar-refractivity contribution in [3.63, 3.8) is 0 Å². The molecule has 0 fully saturated rings. The number of unbranched alkanes of at least 4 members (excludes halogenated alkanes) is 4.